The number of nitrogens with one attached hydrogen (secondary N) is 2. The molecule has 0 aromatic rings. The van der Waals surface area contributed by atoms with Gasteiger partial charge in [0.2, 0.25) is 11.8 Å². The molecule has 0 bridgehead atoms. The van der Waals surface area contributed by atoms with Gasteiger partial charge in [-0.2, -0.15) is 0 Å². The van der Waals surface area contributed by atoms with Crippen molar-refractivity contribution in [3.8, 4) is 0 Å². The molecule has 118 valence electrons. The summed E-state index contributed by atoms with van der Waals surface area (Å²) in [4.78, 5) is 36.4. The molecule has 2 aliphatic rings. The van der Waals surface area contributed by atoms with E-state index < -0.39 is 0 Å². The maximum atomic E-state index is 11.7. The molecular weight excluding hydrogens is 274 g/mol. The highest BCUT2D eigenvalue weighted by Crippen LogP contribution is 2.28. The van der Waals surface area contributed by atoms with Gasteiger partial charge in [-0.05, 0) is 32.6 Å². The predicted molar refractivity (Wildman–Crippen MR) is 75.5 cm³/mol. The molecule has 3 amide bonds. The monoisotopic (exact) mass is 297 g/mol. The number of carbonyl (C=O) groups is 3. The molecule has 1 saturated heterocycles. The number of piperidine rings is 1. The maximum Gasteiger partial charge on any atom is 0.409 e. The third-order valence-corrected chi connectivity index (χ3v) is 3.76. The number of carbonyl (C=O) groups excluding carboxylic acids is 3. The zero-order chi connectivity index (χ0) is 15.2. The highest BCUT2D eigenvalue weighted by Gasteiger charge is 2.30. The first-order chi connectivity index (χ1) is 10.1. The minimum absolute atomic E-state index is 0.0257. The largest absolute Gasteiger partial charge is 0.450 e. The third-order valence-electron chi connectivity index (χ3n) is 3.76. The zero-order valence-corrected chi connectivity index (χ0v) is 12.4. The summed E-state index contributed by atoms with van der Waals surface area (Å²) in [6.07, 6.45) is 2.99. The van der Waals surface area contributed by atoms with Crippen LogP contribution in [0.15, 0.2) is 0 Å². The lowest BCUT2D eigenvalue weighted by Gasteiger charge is -2.31. The molecule has 2 N–H and O–H groups in total. The van der Waals surface area contributed by atoms with Crippen LogP contribution in [0.25, 0.3) is 0 Å². The lowest BCUT2D eigenvalue weighted by atomic mass is 10.1. The number of likely N-dealkylation sites (tertiary alicyclic amines) is 1. The molecule has 0 aromatic carbocycles. The minimum Gasteiger partial charge on any atom is -0.450 e. The Morgan fingerprint density at radius 1 is 1.14 bits per heavy atom. The molecule has 0 aromatic heterocycles. The number of rotatable bonds is 5. The number of hydrogen-bond acceptors (Lipinski definition) is 4. The SMILES string of the molecule is CCOC(=O)N1CCC(NC(=O)CNC(=O)C2CC2)CC1. The Morgan fingerprint density at radius 2 is 1.81 bits per heavy atom. The van der Waals surface area contributed by atoms with Crippen LogP contribution in [0.2, 0.25) is 0 Å². The van der Waals surface area contributed by atoms with E-state index in [0.29, 0.717) is 32.5 Å². The summed E-state index contributed by atoms with van der Waals surface area (Å²) in [5.41, 5.74) is 0. The van der Waals surface area contributed by atoms with E-state index in [0.717, 1.165) is 12.8 Å². The fourth-order valence-corrected chi connectivity index (χ4v) is 2.36. The Hall–Kier alpha value is -1.79. The van der Waals surface area contributed by atoms with E-state index in [1.165, 1.54) is 0 Å². The van der Waals surface area contributed by atoms with Crippen molar-refractivity contribution in [2.75, 3.05) is 26.2 Å². The van der Waals surface area contributed by atoms with Gasteiger partial charge in [-0.15, -0.1) is 0 Å². The van der Waals surface area contributed by atoms with Gasteiger partial charge in [0, 0.05) is 25.0 Å². The van der Waals surface area contributed by atoms with Crippen LogP contribution in [0.4, 0.5) is 4.79 Å². The first-order valence-corrected chi connectivity index (χ1v) is 7.59. The highest BCUT2D eigenvalue weighted by molar-refractivity contribution is 5.87. The van der Waals surface area contributed by atoms with E-state index in [4.69, 9.17) is 4.74 Å². The Morgan fingerprint density at radius 3 is 2.38 bits per heavy atom. The normalized spacial score (nSPS) is 19.0. The molecule has 0 unspecified atom stereocenters. The van der Waals surface area contributed by atoms with Crippen molar-refractivity contribution in [2.45, 2.75) is 38.6 Å². The zero-order valence-electron chi connectivity index (χ0n) is 12.4. The minimum atomic E-state index is -0.293. The molecule has 0 atom stereocenters. The summed E-state index contributed by atoms with van der Waals surface area (Å²) in [6, 6.07) is 0.0565. The lowest BCUT2D eigenvalue weighted by molar-refractivity contribution is -0.127. The number of amides is 3. The predicted octanol–water partition coefficient (Wildman–Crippen LogP) is 0.250. The van der Waals surface area contributed by atoms with Crippen molar-refractivity contribution >= 4 is 17.9 Å². The molecule has 1 aliphatic heterocycles. The van der Waals surface area contributed by atoms with Crippen LogP contribution in [0, 0.1) is 5.92 Å². The van der Waals surface area contributed by atoms with Crippen molar-refractivity contribution in [2.24, 2.45) is 5.92 Å². The van der Waals surface area contributed by atoms with Gasteiger partial charge in [-0.25, -0.2) is 4.79 Å². The molecule has 2 fully saturated rings. The summed E-state index contributed by atoms with van der Waals surface area (Å²) in [6.45, 7) is 3.35. The van der Waals surface area contributed by atoms with E-state index in [2.05, 4.69) is 10.6 Å². The first-order valence-electron chi connectivity index (χ1n) is 7.59. The van der Waals surface area contributed by atoms with Gasteiger partial charge in [0.05, 0.1) is 13.2 Å². The van der Waals surface area contributed by atoms with Gasteiger partial charge in [-0.3, -0.25) is 9.59 Å². The van der Waals surface area contributed by atoms with Crippen molar-refractivity contribution in [1.82, 2.24) is 15.5 Å². The quantitative estimate of drug-likeness (QED) is 0.761. The van der Waals surface area contributed by atoms with Gasteiger partial charge >= 0.3 is 6.09 Å². The maximum absolute atomic E-state index is 11.7. The second-order valence-electron chi connectivity index (χ2n) is 5.52. The van der Waals surface area contributed by atoms with Crippen LogP contribution in [0.5, 0.6) is 0 Å². The summed E-state index contributed by atoms with van der Waals surface area (Å²) in [5, 5.41) is 5.53. The fraction of sp³-hybridized carbons (Fsp3) is 0.786. The summed E-state index contributed by atoms with van der Waals surface area (Å²) < 4.78 is 4.94. The molecule has 2 rings (SSSR count). The molecule has 21 heavy (non-hydrogen) atoms. The second-order valence-corrected chi connectivity index (χ2v) is 5.52. The van der Waals surface area contributed by atoms with E-state index in [-0.39, 0.29) is 36.4 Å². The van der Waals surface area contributed by atoms with E-state index in [1.54, 1.807) is 11.8 Å². The van der Waals surface area contributed by atoms with Crippen molar-refractivity contribution < 1.29 is 19.1 Å². The Balaban J connectivity index is 1.62. The second kappa shape index (κ2) is 7.28. The Bertz CT molecular complexity index is 401. The molecule has 7 nitrogen and oxygen atoms in total. The van der Waals surface area contributed by atoms with Crippen molar-refractivity contribution in [1.29, 1.82) is 0 Å². The molecule has 7 heteroatoms. The third kappa shape index (κ3) is 4.91. The van der Waals surface area contributed by atoms with Crippen LogP contribution >= 0.6 is 0 Å². The van der Waals surface area contributed by atoms with Crippen molar-refractivity contribution in [3.05, 3.63) is 0 Å². The van der Waals surface area contributed by atoms with Crippen LogP contribution in [0.3, 0.4) is 0 Å². The van der Waals surface area contributed by atoms with Gasteiger partial charge in [0.15, 0.2) is 0 Å². The first kappa shape index (κ1) is 15.6. The topological polar surface area (TPSA) is 87.7 Å². The average molecular weight is 297 g/mol. The van der Waals surface area contributed by atoms with Crippen LogP contribution in [-0.2, 0) is 14.3 Å². The summed E-state index contributed by atoms with van der Waals surface area (Å²) in [5.74, 6) is -0.0773. The van der Waals surface area contributed by atoms with Crippen LogP contribution in [0.1, 0.15) is 32.6 Å². The standard InChI is InChI=1S/C14H23N3O4/c1-2-21-14(20)17-7-5-11(6-8-17)16-12(18)9-15-13(19)10-3-4-10/h10-11H,2-9H2,1H3,(H,15,19)(H,16,18). The highest BCUT2D eigenvalue weighted by atomic mass is 16.6. The summed E-state index contributed by atoms with van der Waals surface area (Å²) in [7, 11) is 0. The Kier molecular flexibility index (Phi) is 5.41. The number of hydrogen-bond donors (Lipinski definition) is 2. The lowest BCUT2D eigenvalue weighted by Crippen LogP contribution is -2.48. The van der Waals surface area contributed by atoms with Gasteiger partial charge in [0.25, 0.3) is 0 Å². The van der Waals surface area contributed by atoms with E-state index in [9.17, 15) is 14.4 Å². The van der Waals surface area contributed by atoms with Crippen LogP contribution in [-0.4, -0.2) is 55.1 Å². The summed E-state index contributed by atoms with van der Waals surface area (Å²) >= 11 is 0. The molecular formula is C14H23N3O4. The molecule has 1 aliphatic carbocycles. The number of ether oxygens (including phenoxy) is 1. The molecule has 0 spiro atoms. The molecule has 0 radical (unpaired) electrons. The van der Waals surface area contributed by atoms with E-state index >= 15 is 0 Å². The Labute approximate surface area is 124 Å². The van der Waals surface area contributed by atoms with Gasteiger partial charge < -0.3 is 20.3 Å². The van der Waals surface area contributed by atoms with Crippen molar-refractivity contribution in [3.63, 3.8) is 0 Å². The molecule has 1 heterocycles. The van der Waals surface area contributed by atoms with Crippen LogP contribution < -0.4 is 10.6 Å². The smallest absolute Gasteiger partial charge is 0.409 e. The van der Waals surface area contributed by atoms with Gasteiger partial charge in [0.1, 0.15) is 0 Å². The van der Waals surface area contributed by atoms with E-state index in [1.807, 2.05) is 0 Å². The number of nitrogens with zero attached hydrogens (tertiary/aromatic N) is 1. The average Bonchev–Trinajstić information content (AvgIpc) is 3.30. The van der Waals surface area contributed by atoms with Gasteiger partial charge in [-0.1, -0.05) is 0 Å². The molecule has 1 saturated carbocycles. The fourth-order valence-electron chi connectivity index (χ4n) is 2.36.